The predicted molar refractivity (Wildman–Crippen MR) is 115 cm³/mol. The maximum atomic E-state index is 2.92. The topological polar surface area (TPSA) is 3.24 Å². The van der Waals surface area contributed by atoms with Crippen LogP contribution in [0.3, 0.4) is 0 Å². The molecular formula is C20H47NSi2. The minimum atomic E-state index is -1.16. The van der Waals surface area contributed by atoms with E-state index in [1.165, 1.54) is 77.0 Å². The highest BCUT2D eigenvalue weighted by Crippen LogP contribution is 2.27. The first-order valence-corrected chi connectivity index (χ1v) is 16.4. The van der Waals surface area contributed by atoms with Crippen molar-refractivity contribution in [2.45, 2.75) is 123 Å². The fourth-order valence-electron chi connectivity index (χ4n) is 3.67. The number of hydrogen-bond acceptors (Lipinski definition) is 1. The van der Waals surface area contributed by atoms with Gasteiger partial charge in [0, 0.05) is 0 Å². The number of rotatable bonds is 16. The first kappa shape index (κ1) is 23.4. The molecule has 0 saturated heterocycles. The molecule has 0 fully saturated rings. The van der Waals surface area contributed by atoms with Crippen LogP contribution >= 0.6 is 0 Å². The van der Waals surface area contributed by atoms with Crippen LogP contribution < -0.4 is 0 Å². The molecule has 0 bridgehead atoms. The van der Waals surface area contributed by atoms with E-state index in [0.717, 1.165) is 0 Å². The monoisotopic (exact) mass is 357 g/mol. The summed E-state index contributed by atoms with van der Waals surface area (Å²) < 4.78 is 2.92. The third-order valence-corrected chi connectivity index (χ3v) is 15.3. The molecule has 0 aromatic carbocycles. The minimum absolute atomic E-state index is 0.635. The van der Waals surface area contributed by atoms with Gasteiger partial charge >= 0.3 is 0 Å². The minimum Gasteiger partial charge on any atom is -0.351 e. The summed E-state index contributed by atoms with van der Waals surface area (Å²) in [5, 5.41) is 0. The highest BCUT2D eigenvalue weighted by atomic mass is 28.4. The van der Waals surface area contributed by atoms with E-state index in [2.05, 4.69) is 44.8 Å². The lowest BCUT2D eigenvalue weighted by atomic mass is 10.1. The van der Waals surface area contributed by atoms with Crippen molar-refractivity contribution >= 4 is 17.2 Å². The molecular weight excluding hydrogens is 310 g/mol. The molecule has 0 spiro atoms. The SMILES string of the molecule is CCCCCCCC[Si](C)(CCCCCCCC)N(C)[SiH](C)C. The molecule has 1 nitrogen and oxygen atoms in total. The highest BCUT2D eigenvalue weighted by molar-refractivity contribution is 6.84. The van der Waals surface area contributed by atoms with Crippen LogP contribution in [0.5, 0.6) is 0 Å². The zero-order valence-electron chi connectivity index (χ0n) is 17.4. The Morgan fingerprint density at radius 2 is 1.00 bits per heavy atom. The summed E-state index contributed by atoms with van der Waals surface area (Å²) in [5.41, 5.74) is 0. The van der Waals surface area contributed by atoms with Gasteiger partial charge in [0.05, 0.1) is 8.96 Å². The van der Waals surface area contributed by atoms with E-state index >= 15 is 0 Å². The van der Waals surface area contributed by atoms with E-state index in [9.17, 15) is 0 Å². The van der Waals surface area contributed by atoms with Crippen LogP contribution in [0.1, 0.15) is 90.9 Å². The molecule has 23 heavy (non-hydrogen) atoms. The summed E-state index contributed by atoms with van der Waals surface area (Å²) in [7, 11) is 0.677. The van der Waals surface area contributed by atoms with E-state index in [4.69, 9.17) is 0 Å². The second kappa shape index (κ2) is 14.7. The van der Waals surface area contributed by atoms with E-state index in [1.54, 1.807) is 12.1 Å². The summed E-state index contributed by atoms with van der Waals surface area (Å²) in [6.45, 7) is 12.4. The Hall–Kier alpha value is 0.394. The molecule has 140 valence electrons. The number of hydrogen-bond donors (Lipinski definition) is 0. The Morgan fingerprint density at radius 3 is 1.35 bits per heavy atom. The molecule has 3 heteroatoms. The molecule has 0 atom stereocenters. The average Bonchev–Trinajstić information content (AvgIpc) is 2.53. The molecule has 0 radical (unpaired) electrons. The van der Waals surface area contributed by atoms with Gasteiger partial charge in [0.1, 0.15) is 8.24 Å². The van der Waals surface area contributed by atoms with Crippen molar-refractivity contribution < 1.29 is 0 Å². The van der Waals surface area contributed by atoms with Crippen LogP contribution in [-0.2, 0) is 0 Å². The van der Waals surface area contributed by atoms with E-state index < -0.39 is 17.2 Å². The number of nitrogens with zero attached hydrogens (tertiary/aromatic N) is 1. The zero-order chi connectivity index (χ0) is 17.6. The molecule has 0 saturated carbocycles. The Morgan fingerprint density at radius 1 is 0.652 bits per heavy atom. The standard InChI is InChI=1S/C20H47NSi2/c1-7-9-11-13-15-17-19-23(6,21(3)22(4)5)20-18-16-14-12-10-8-2/h22H,7-20H2,1-6H3. The normalized spacial score (nSPS) is 12.5. The molecule has 0 N–H and O–H groups in total. The van der Waals surface area contributed by atoms with Gasteiger partial charge < -0.3 is 4.23 Å². The maximum absolute atomic E-state index is 2.92. The van der Waals surface area contributed by atoms with Crippen LogP contribution in [0.15, 0.2) is 0 Å². The lowest BCUT2D eigenvalue weighted by molar-refractivity contribution is 0.602. The third-order valence-electron chi connectivity index (χ3n) is 5.76. The van der Waals surface area contributed by atoms with Gasteiger partial charge in [-0.05, 0) is 19.1 Å². The van der Waals surface area contributed by atoms with Gasteiger partial charge in [-0.3, -0.25) is 0 Å². The van der Waals surface area contributed by atoms with Gasteiger partial charge in [-0.25, -0.2) is 0 Å². The lowest BCUT2D eigenvalue weighted by Gasteiger charge is -2.40. The van der Waals surface area contributed by atoms with Crippen molar-refractivity contribution in [1.82, 2.24) is 4.23 Å². The molecule has 0 heterocycles. The Labute approximate surface area is 151 Å². The largest absolute Gasteiger partial charge is 0.351 e. The molecule has 0 aliphatic rings. The van der Waals surface area contributed by atoms with Gasteiger partial charge in [0.15, 0.2) is 0 Å². The quantitative estimate of drug-likeness (QED) is 0.208. The molecule has 0 unspecified atom stereocenters. The van der Waals surface area contributed by atoms with Crippen molar-refractivity contribution in [3.63, 3.8) is 0 Å². The summed E-state index contributed by atoms with van der Waals surface area (Å²) in [4.78, 5) is 0. The Bertz CT molecular complexity index is 240. The van der Waals surface area contributed by atoms with E-state index in [-0.39, 0.29) is 0 Å². The average molecular weight is 358 g/mol. The molecule has 0 aliphatic heterocycles. The summed E-state index contributed by atoms with van der Waals surface area (Å²) in [6.07, 6.45) is 17.4. The van der Waals surface area contributed by atoms with Gasteiger partial charge in [-0.2, -0.15) is 0 Å². The first-order chi connectivity index (χ1) is 11.0. The molecule has 0 amide bonds. The van der Waals surface area contributed by atoms with Crippen LogP contribution in [0.4, 0.5) is 0 Å². The van der Waals surface area contributed by atoms with Gasteiger partial charge in [-0.15, -0.1) is 0 Å². The van der Waals surface area contributed by atoms with Crippen LogP contribution in [0, 0.1) is 0 Å². The Kier molecular flexibility index (Phi) is 15.0. The van der Waals surface area contributed by atoms with Crippen molar-refractivity contribution in [3.05, 3.63) is 0 Å². The second-order valence-electron chi connectivity index (χ2n) is 8.24. The van der Waals surface area contributed by atoms with Crippen molar-refractivity contribution in [3.8, 4) is 0 Å². The van der Waals surface area contributed by atoms with Crippen LogP contribution in [0.2, 0.25) is 31.7 Å². The molecule has 0 aromatic rings. The molecule has 0 aromatic heterocycles. The summed E-state index contributed by atoms with van der Waals surface area (Å²) in [6, 6.07) is 3.10. The van der Waals surface area contributed by atoms with Crippen molar-refractivity contribution in [2.24, 2.45) is 0 Å². The molecule has 0 aliphatic carbocycles. The van der Waals surface area contributed by atoms with Gasteiger partial charge in [0.2, 0.25) is 0 Å². The highest BCUT2D eigenvalue weighted by Gasteiger charge is 2.32. The predicted octanol–water partition coefficient (Wildman–Crippen LogP) is 7.20. The van der Waals surface area contributed by atoms with E-state index in [1.807, 2.05) is 0 Å². The van der Waals surface area contributed by atoms with Crippen molar-refractivity contribution in [1.29, 1.82) is 0 Å². The maximum Gasteiger partial charge on any atom is 0.118 e. The van der Waals surface area contributed by atoms with Crippen LogP contribution in [0.25, 0.3) is 0 Å². The number of unbranched alkanes of at least 4 members (excludes halogenated alkanes) is 10. The summed E-state index contributed by atoms with van der Waals surface area (Å²) >= 11 is 0. The lowest BCUT2D eigenvalue weighted by Crippen LogP contribution is -2.53. The molecule has 0 rings (SSSR count). The second-order valence-corrected chi connectivity index (χ2v) is 16.4. The van der Waals surface area contributed by atoms with Gasteiger partial charge in [-0.1, -0.05) is 111 Å². The summed E-state index contributed by atoms with van der Waals surface area (Å²) in [5.74, 6) is 0. The fourth-order valence-corrected chi connectivity index (χ4v) is 12.4. The third kappa shape index (κ3) is 11.6. The smallest absolute Gasteiger partial charge is 0.118 e. The zero-order valence-corrected chi connectivity index (χ0v) is 19.6. The van der Waals surface area contributed by atoms with E-state index in [0.29, 0.717) is 0 Å². The van der Waals surface area contributed by atoms with Gasteiger partial charge in [0.25, 0.3) is 0 Å². The van der Waals surface area contributed by atoms with Crippen LogP contribution in [-0.4, -0.2) is 28.5 Å². The first-order valence-electron chi connectivity index (χ1n) is 10.7. The fraction of sp³-hybridized carbons (Fsp3) is 1.00. The van der Waals surface area contributed by atoms with Crippen molar-refractivity contribution in [2.75, 3.05) is 7.05 Å². The Balaban J connectivity index is 4.14.